The summed E-state index contributed by atoms with van der Waals surface area (Å²) < 4.78 is 24.1. The first-order chi connectivity index (χ1) is 8.92. The molecule has 0 atom stereocenters. The number of nitrogens with one attached hydrogen (secondary N) is 3. The van der Waals surface area contributed by atoms with E-state index in [0.29, 0.717) is 24.5 Å². The highest BCUT2D eigenvalue weighted by molar-refractivity contribution is 7.88. The second-order valence-corrected chi connectivity index (χ2v) is 5.72. The molecule has 0 aliphatic heterocycles. The number of carbonyl (C=O) groups excluding carboxylic acids is 1. The van der Waals surface area contributed by atoms with Gasteiger partial charge in [-0.1, -0.05) is 0 Å². The van der Waals surface area contributed by atoms with Gasteiger partial charge in [0.25, 0.3) is 5.91 Å². The Balaban J connectivity index is 2.51. The minimum Gasteiger partial charge on any atom is -0.384 e. The molecule has 0 aliphatic carbocycles. The van der Waals surface area contributed by atoms with Crippen LogP contribution in [0.4, 0.5) is 5.69 Å². The molecule has 1 amide bonds. The van der Waals surface area contributed by atoms with Crippen molar-refractivity contribution in [2.75, 3.05) is 31.2 Å². The van der Waals surface area contributed by atoms with Crippen molar-refractivity contribution < 1.29 is 13.2 Å². The lowest BCUT2D eigenvalue weighted by molar-refractivity contribution is 0.0951. The van der Waals surface area contributed by atoms with Gasteiger partial charge in [-0.05, 0) is 19.1 Å². The van der Waals surface area contributed by atoms with Crippen LogP contribution in [0.15, 0.2) is 18.3 Å². The smallest absolute Gasteiger partial charge is 0.269 e. The Bertz CT molecular complexity index is 530. The molecule has 1 aromatic rings. The molecule has 0 radical (unpaired) electrons. The zero-order chi connectivity index (χ0) is 14.3. The van der Waals surface area contributed by atoms with Crippen LogP contribution in [0.5, 0.6) is 0 Å². The van der Waals surface area contributed by atoms with Crippen LogP contribution in [0.3, 0.4) is 0 Å². The van der Waals surface area contributed by atoms with Crippen LogP contribution in [0.1, 0.15) is 17.4 Å². The van der Waals surface area contributed by atoms with Gasteiger partial charge in [0.1, 0.15) is 5.69 Å². The summed E-state index contributed by atoms with van der Waals surface area (Å²) in [5.74, 6) is -0.236. The van der Waals surface area contributed by atoms with Crippen molar-refractivity contribution in [1.82, 2.24) is 15.0 Å². The Kier molecular flexibility index (Phi) is 5.71. The number of aromatic nitrogens is 1. The van der Waals surface area contributed by atoms with Gasteiger partial charge in [-0.25, -0.2) is 13.1 Å². The van der Waals surface area contributed by atoms with E-state index in [-0.39, 0.29) is 12.5 Å². The molecule has 0 saturated carbocycles. The number of sulfonamides is 1. The molecular weight excluding hydrogens is 268 g/mol. The molecule has 1 aromatic heterocycles. The van der Waals surface area contributed by atoms with Gasteiger partial charge in [-0.2, -0.15) is 0 Å². The average molecular weight is 286 g/mol. The maximum Gasteiger partial charge on any atom is 0.269 e. The Morgan fingerprint density at radius 2 is 2.11 bits per heavy atom. The van der Waals surface area contributed by atoms with Crippen molar-refractivity contribution in [1.29, 1.82) is 0 Å². The van der Waals surface area contributed by atoms with Crippen molar-refractivity contribution in [3.63, 3.8) is 0 Å². The van der Waals surface area contributed by atoms with Crippen LogP contribution in [-0.2, 0) is 10.0 Å². The monoisotopic (exact) mass is 286 g/mol. The molecule has 1 heterocycles. The minimum absolute atomic E-state index is 0.236. The van der Waals surface area contributed by atoms with Gasteiger partial charge in [0.05, 0.1) is 6.26 Å². The molecule has 3 N–H and O–H groups in total. The third kappa shape index (κ3) is 6.16. The van der Waals surface area contributed by atoms with E-state index in [1.807, 2.05) is 6.92 Å². The zero-order valence-corrected chi connectivity index (χ0v) is 11.8. The number of anilines is 1. The summed E-state index contributed by atoms with van der Waals surface area (Å²) >= 11 is 0. The highest BCUT2D eigenvalue weighted by Crippen LogP contribution is 2.07. The second kappa shape index (κ2) is 7.05. The Labute approximate surface area is 112 Å². The van der Waals surface area contributed by atoms with Gasteiger partial charge < -0.3 is 10.6 Å². The summed E-state index contributed by atoms with van der Waals surface area (Å²) in [6.45, 7) is 3.07. The predicted molar refractivity (Wildman–Crippen MR) is 73.6 cm³/mol. The van der Waals surface area contributed by atoms with E-state index in [1.54, 1.807) is 12.1 Å². The van der Waals surface area contributed by atoms with Gasteiger partial charge in [-0.3, -0.25) is 9.78 Å². The van der Waals surface area contributed by atoms with E-state index in [9.17, 15) is 13.2 Å². The largest absolute Gasteiger partial charge is 0.384 e. The van der Waals surface area contributed by atoms with E-state index in [2.05, 4.69) is 20.3 Å². The molecule has 0 bridgehead atoms. The van der Waals surface area contributed by atoms with E-state index in [4.69, 9.17) is 0 Å². The highest BCUT2D eigenvalue weighted by atomic mass is 32.2. The van der Waals surface area contributed by atoms with Crippen LogP contribution in [0.25, 0.3) is 0 Å². The highest BCUT2D eigenvalue weighted by Gasteiger charge is 2.06. The maximum atomic E-state index is 11.6. The standard InChI is InChI=1S/C11H18N4O3S/c1-3-12-11(16)10-8-9(4-5-14-10)13-6-7-15-19(2,17)18/h4-5,8,15H,3,6-7H2,1-2H3,(H,12,16)(H,13,14). The van der Waals surface area contributed by atoms with Gasteiger partial charge in [0.2, 0.25) is 10.0 Å². The molecule has 0 aromatic carbocycles. The number of hydrogen-bond donors (Lipinski definition) is 3. The van der Waals surface area contributed by atoms with E-state index in [1.165, 1.54) is 6.20 Å². The fourth-order valence-corrected chi connectivity index (χ4v) is 1.83. The lowest BCUT2D eigenvalue weighted by atomic mass is 10.3. The summed E-state index contributed by atoms with van der Waals surface area (Å²) in [6.07, 6.45) is 2.63. The molecule has 7 nitrogen and oxygen atoms in total. The number of carbonyl (C=O) groups is 1. The number of nitrogens with zero attached hydrogens (tertiary/aromatic N) is 1. The van der Waals surface area contributed by atoms with Crippen molar-refractivity contribution in [3.05, 3.63) is 24.0 Å². The van der Waals surface area contributed by atoms with Gasteiger partial charge >= 0.3 is 0 Å². The van der Waals surface area contributed by atoms with Gasteiger partial charge in [0, 0.05) is 31.5 Å². The average Bonchev–Trinajstić information content (AvgIpc) is 2.34. The van der Waals surface area contributed by atoms with E-state index < -0.39 is 10.0 Å². The molecule has 0 aliphatic rings. The van der Waals surface area contributed by atoms with Crippen LogP contribution in [0, 0.1) is 0 Å². The SMILES string of the molecule is CCNC(=O)c1cc(NCCNS(C)(=O)=O)ccn1. The van der Waals surface area contributed by atoms with Crippen molar-refractivity contribution >= 4 is 21.6 Å². The first-order valence-corrected chi connectivity index (χ1v) is 7.74. The maximum absolute atomic E-state index is 11.6. The first kappa shape index (κ1) is 15.4. The van der Waals surface area contributed by atoms with Crippen LogP contribution in [-0.4, -0.2) is 45.2 Å². The number of rotatable bonds is 7. The van der Waals surface area contributed by atoms with Crippen molar-refractivity contribution in [3.8, 4) is 0 Å². The Morgan fingerprint density at radius 3 is 2.74 bits per heavy atom. The quantitative estimate of drug-likeness (QED) is 0.602. The number of amides is 1. The van der Waals surface area contributed by atoms with Crippen LogP contribution in [0.2, 0.25) is 0 Å². The second-order valence-electron chi connectivity index (χ2n) is 3.88. The van der Waals surface area contributed by atoms with Gasteiger partial charge in [-0.15, -0.1) is 0 Å². The molecule has 8 heteroatoms. The summed E-state index contributed by atoms with van der Waals surface area (Å²) in [6, 6.07) is 3.33. The lowest BCUT2D eigenvalue weighted by Gasteiger charge is -2.08. The molecular formula is C11H18N4O3S. The van der Waals surface area contributed by atoms with Crippen molar-refractivity contribution in [2.45, 2.75) is 6.92 Å². The Hall–Kier alpha value is -1.67. The molecule has 0 fully saturated rings. The van der Waals surface area contributed by atoms with Crippen LogP contribution < -0.4 is 15.4 Å². The Morgan fingerprint density at radius 1 is 1.37 bits per heavy atom. The molecule has 106 valence electrons. The molecule has 0 unspecified atom stereocenters. The van der Waals surface area contributed by atoms with Crippen LogP contribution >= 0.6 is 0 Å². The zero-order valence-electron chi connectivity index (χ0n) is 10.9. The molecule has 19 heavy (non-hydrogen) atoms. The lowest BCUT2D eigenvalue weighted by Crippen LogP contribution is -2.27. The molecule has 1 rings (SSSR count). The normalized spacial score (nSPS) is 11.1. The van der Waals surface area contributed by atoms with E-state index in [0.717, 1.165) is 6.26 Å². The summed E-state index contributed by atoms with van der Waals surface area (Å²) in [4.78, 5) is 15.5. The first-order valence-electron chi connectivity index (χ1n) is 5.85. The fraction of sp³-hybridized carbons (Fsp3) is 0.455. The summed E-state index contributed by atoms with van der Waals surface area (Å²) in [5.41, 5.74) is 1.04. The van der Waals surface area contributed by atoms with E-state index >= 15 is 0 Å². The summed E-state index contributed by atoms with van der Waals surface area (Å²) in [5, 5.41) is 5.66. The molecule has 0 saturated heterocycles. The number of pyridine rings is 1. The minimum atomic E-state index is -3.17. The molecule has 0 spiro atoms. The third-order valence-electron chi connectivity index (χ3n) is 2.15. The van der Waals surface area contributed by atoms with Crippen molar-refractivity contribution in [2.24, 2.45) is 0 Å². The fourth-order valence-electron chi connectivity index (χ4n) is 1.36. The third-order valence-corrected chi connectivity index (χ3v) is 2.88. The predicted octanol–water partition coefficient (Wildman–Crippen LogP) is -0.208. The summed E-state index contributed by atoms with van der Waals surface area (Å²) in [7, 11) is -3.17. The number of hydrogen-bond acceptors (Lipinski definition) is 5. The topological polar surface area (TPSA) is 100 Å². The van der Waals surface area contributed by atoms with Gasteiger partial charge in [0.15, 0.2) is 0 Å².